The van der Waals surface area contributed by atoms with Gasteiger partial charge < -0.3 is 19.4 Å². The van der Waals surface area contributed by atoms with Crippen LogP contribution in [-0.4, -0.2) is 29.9 Å². The second-order valence-corrected chi connectivity index (χ2v) is 8.60. The minimum atomic E-state index is 0.114. The van der Waals surface area contributed by atoms with Crippen molar-refractivity contribution >= 4 is 16.6 Å². The highest BCUT2D eigenvalue weighted by molar-refractivity contribution is 5.95. The van der Waals surface area contributed by atoms with Crippen molar-refractivity contribution < 1.29 is 9.47 Å². The van der Waals surface area contributed by atoms with Crippen LogP contribution in [0.1, 0.15) is 44.7 Å². The molecule has 0 spiro atoms. The van der Waals surface area contributed by atoms with E-state index < -0.39 is 0 Å². The van der Waals surface area contributed by atoms with Gasteiger partial charge in [0.15, 0.2) is 0 Å². The molecule has 1 N–H and O–H groups in total. The maximum atomic E-state index is 10.0. The molecule has 0 bridgehead atoms. The molecule has 30 heavy (non-hydrogen) atoms. The van der Waals surface area contributed by atoms with E-state index in [-0.39, 0.29) is 6.10 Å². The molecule has 2 heterocycles. The summed E-state index contributed by atoms with van der Waals surface area (Å²) in [7, 11) is 0. The van der Waals surface area contributed by atoms with E-state index in [9.17, 15) is 5.26 Å². The van der Waals surface area contributed by atoms with Crippen LogP contribution in [-0.2, 0) is 4.74 Å². The number of nitrogens with zero attached hydrogens (tertiary/aromatic N) is 2. The van der Waals surface area contributed by atoms with Crippen molar-refractivity contribution in [2.24, 2.45) is 0 Å². The van der Waals surface area contributed by atoms with E-state index in [1.165, 1.54) is 0 Å². The number of aromatic nitrogens is 1. The summed E-state index contributed by atoms with van der Waals surface area (Å²) in [5.74, 6) is 0.852. The first-order valence-corrected chi connectivity index (χ1v) is 10.8. The predicted molar refractivity (Wildman–Crippen MR) is 119 cm³/mol. The SMILES string of the molecule is CC(C)Nc1ccc(-c2c(C#N)c3ccc(OC4CCOC4)cc3n2C2CC2)cc1. The van der Waals surface area contributed by atoms with Crippen molar-refractivity contribution in [3.63, 3.8) is 0 Å². The smallest absolute Gasteiger partial charge is 0.124 e. The number of ether oxygens (including phenoxy) is 2. The van der Waals surface area contributed by atoms with Gasteiger partial charge in [-0.05, 0) is 56.5 Å². The van der Waals surface area contributed by atoms with E-state index in [0.717, 1.165) is 65.0 Å². The van der Waals surface area contributed by atoms with Crippen molar-refractivity contribution in [1.29, 1.82) is 5.26 Å². The quantitative estimate of drug-likeness (QED) is 0.592. The van der Waals surface area contributed by atoms with Crippen LogP contribution in [0.15, 0.2) is 42.5 Å². The third-order valence-electron chi connectivity index (χ3n) is 5.80. The van der Waals surface area contributed by atoms with Gasteiger partial charge in [0, 0.05) is 35.6 Å². The van der Waals surface area contributed by atoms with E-state index in [1.54, 1.807) is 0 Å². The molecule has 2 fully saturated rings. The summed E-state index contributed by atoms with van der Waals surface area (Å²) in [6.07, 6.45) is 3.34. The lowest BCUT2D eigenvalue weighted by Gasteiger charge is -2.14. The molecule has 0 amide bonds. The van der Waals surface area contributed by atoms with Gasteiger partial charge in [-0.1, -0.05) is 12.1 Å². The normalized spacial score (nSPS) is 18.7. The number of benzene rings is 2. The summed E-state index contributed by atoms with van der Waals surface area (Å²) in [6, 6.07) is 17.9. The lowest BCUT2D eigenvalue weighted by atomic mass is 10.1. The summed E-state index contributed by atoms with van der Waals surface area (Å²) in [4.78, 5) is 0. The fourth-order valence-corrected chi connectivity index (χ4v) is 4.33. The molecule has 5 rings (SSSR count). The van der Waals surface area contributed by atoms with Crippen LogP contribution in [0.25, 0.3) is 22.2 Å². The molecule has 1 aromatic heterocycles. The van der Waals surface area contributed by atoms with Gasteiger partial charge in [-0.3, -0.25) is 0 Å². The standard InChI is InChI=1S/C25H27N3O2/c1-16(2)27-18-5-3-17(4-6-18)25-23(14-26)22-10-9-20(30-21-11-12-29-15-21)13-24(22)28(25)19-7-8-19/h3-6,9-10,13,16,19,21,27H,7-8,11-12,15H2,1-2H3. The maximum absolute atomic E-state index is 10.0. The average molecular weight is 402 g/mol. The Morgan fingerprint density at radius 1 is 1.13 bits per heavy atom. The van der Waals surface area contributed by atoms with Gasteiger partial charge in [-0.2, -0.15) is 5.26 Å². The van der Waals surface area contributed by atoms with E-state index in [1.807, 2.05) is 12.1 Å². The molecular weight excluding hydrogens is 374 g/mol. The highest BCUT2D eigenvalue weighted by Gasteiger charge is 2.31. The molecule has 2 aromatic carbocycles. The van der Waals surface area contributed by atoms with E-state index >= 15 is 0 Å². The van der Waals surface area contributed by atoms with E-state index in [2.05, 4.69) is 60.1 Å². The van der Waals surface area contributed by atoms with Crippen LogP contribution in [0.3, 0.4) is 0 Å². The van der Waals surface area contributed by atoms with Crippen LogP contribution in [0.5, 0.6) is 5.75 Å². The van der Waals surface area contributed by atoms with Crippen molar-refractivity contribution in [1.82, 2.24) is 4.57 Å². The Kier molecular flexibility index (Phi) is 4.88. The van der Waals surface area contributed by atoms with E-state index in [0.29, 0.717) is 18.7 Å². The number of hydrogen-bond donors (Lipinski definition) is 1. The summed E-state index contributed by atoms with van der Waals surface area (Å²) in [5, 5.41) is 14.5. The van der Waals surface area contributed by atoms with Crippen LogP contribution in [0.2, 0.25) is 0 Å². The first-order chi connectivity index (χ1) is 14.6. The predicted octanol–water partition coefficient (Wildman–Crippen LogP) is 5.50. The first kappa shape index (κ1) is 19.0. The van der Waals surface area contributed by atoms with Crippen molar-refractivity contribution in [2.45, 2.75) is 51.3 Å². The molecule has 1 saturated carbocycles. The second-order valence-electron chi connectivity index (χ2n) is 8.60. The first-order valence-electron chi connectivity index (χ1n) is 10.8. The highest BCUT2D eigenvalue weighted by atomic mass is 16.5. The lowest BCUT2D eigenvalue weighted by Crippen LogP contribution is -2.15. The van der Waals surface area contributed by atoms with Crippen LogP contribution >= 0.6 is 0 Å². The third-order valence-corrected chi connectivity index (χ3v) is 5.80. The minimum absolute atomic E-state index is 0.114. The number of anilines is 1. The number of nitrogens with one attached hydrogen (secondary N) is 1. The monoisotopic (exact) mass is 401 g/mol. The summed E-state index contributed by atoms with van der Waals surface area (Å²) in [6.45, 7) is 5.66. The number of nitriles is 1. The molecule has 5 nitrogen and oxygen atoms in total. The minimum Gasteiger partial charge on any atom is -0.488 e. The fourth-order valence-electron chi connectivity index (χ4n) is 4.33. The molecule has 1 unspecified atom stereocenters. The fraction of sp³-hybridized carbons (Fsp3) is 0.400. The average Bonchev–Trinajstić information content (AvgIpc) is 3.34. The Morgan fingerprint density at radius 3 is 2.57 bits per heavy atom. The van der Waals surface area contributed by atoms with Gasteiger partial charge >= 0.3 is 0 Å². The molecule has 0 radical (unpaired) electrons. The molecule has 154 valence electrons. The van der Waals surface area contributed by atoms with Crippen LogP contribution < -0.4 is 10.1 Å². The van der Waals surface area contributed by atoms with Gasteiger partial charge in [-0.25, -0.2) is 0 Å². The molecule has 1 atom stereocenters. The number of fused-ring (bicyclic) bond motifs is 1. The largest absolute Gasteiger partial charge is 0.488 e. The van der Waals surface area contributed by atoms with Gasteiger partial charge in [0.25, 0.3) is 0 Å². The zero-order valence-electron chi connectivity index (χ0n) is 17.5. The summed E-state index contributed by atoms with van der Waals surface area (Å²) in [5.41, 5.74) is 5.03. The van der Waals surface area contributed by atoms with Crippen molar-refractivity contribution in [2.75, 3.05) is 18.5 Å². The molecule has 1 saturated heterocycles. The van der Waals surface area contributed by atoms with Gasteiger partial charge in [0.2, 0.25) is 0 Å². The second kappa shape index (κ2) is 7.70. The summed E-state index contributed by atoms with van der Waals surface area (Å²) >= 11 is 0. The molecule has 2 aliphatic rings. The third kappa shape index (κ3) is 3.53. The lowest BCUT2D eigenvalue weighted by molar-refractivity contribution is 0.141. The molecule has 5 heteroatoms. The number of rotatable bonds is 6. The van der Waals surface area contributed by atoms with Crippen molar-refractivity contribution in [3.8, 4) is 23.1 Å². The molecule has 1 aliphatic carbocycles. The summed E-state index contributed by atoms with van der Waals surface area (Å²) < 4.78 is 14.0. The maximum Gasteiger partial charge on any atom is 0.124 e. The Balaban J connectivity index is 1.60. The molecule has 3 aromatic rings. The van der Waals surface area contributed by atoms with Gasteiger partial charge in [0.1, 0.15) is 17.9 Å². The zero-order valence-corrected chi connectivity index (χ0v) is 17.5. The van der Waals surface area contributed by atoms with E-state index in [4.69, 9.17) is 9.47 Å². The Morgan fingerprint density at radius 2 is 1.93 bits per heavy atom. The topological polar surface area (TPSA) is 59.2 Å². The molecule has 1 aliphatic heterocycles. The number of hydrogen-bond acceptors (Lipinski definition) is 4. The van der Waals surface area contributed by atoms with Gasteiger partial charge in [-0.15, -0.1) is 0 Å². The highest BCUT2D eigenvalue weighted by Crippen LogP contribution is 2.45. The Labute approximate surface area is 177 Å². The molecular formula is C25H27N3O2. The Hall–Kier alpha value is -2.97. The Bertz CT molecular complexity index is 1100. The zero-order chi connectivity index (χ0) is 20.7. The van der Waals surface area contributed by atoms with Crippen LogP contribution in [0, 0.1) is 11.3 Å². The van der Waals surface area contributed by atoms with Crippen molar-refractivity contribution in [3.05, 3.63) is 48.0 Å². The van der Waals surface area contributed by atoms with Crippen LogP contribution in [0.4, 0.5) is 5.69 Å². The van der Waals surface area contributed by atoms with Gasteiger partial charge in [0.05, 0.1) is 30.0 Å².